The molecule has 1 fully saturated rings. The van der Waals surface area contributed by atoms with Gasteiger partial charge in [-0.3, -0.25) is 4.79 Å². The Hall–Kier alpha value is -0.830. The minimum absolute atomic E-state index is 0.0275. The third-order valence-electron chi connectivity index (χ3n) is 2.39. The van der Waals surface area contributed by atoms with E-state index in [1.165, 1.54) is 0 Å². The summed E-state index contributed by atoms with van der Waals surface area (Å²) in [7, 11) is 0. The second-order valence-corrected chi connectivity index (χ2v) is 3.76. The summed E-state index contributed by atoms with van der Waals surface area (Å²) in [6.45, 7) is 5.18. The number of hydrogen-bond donors (Lipinski definition) is 0. The molecule has 15 heavy (non-hydrogen) atoms. The number of carbonyl (C=O) groups excluding carboxylic acids is 1. The highest BCUT2D eigenvalue weighted by Gasteiger charge is 2.30. The lowest BCUT2D eigenvalue weighted by Gasteiger charge is -2.11. The minimum atomic E-state index is -0.0891. The summed E-state index contributed by atoms with van der Waals surface area (Å²) in [5, 5.41) is 0. The van der Waals surface area contributed by atoms with Crippen LogP contribution in [0.25, 0.3) is 0 Å². The van der Waals surface area contributed by atoms with Crippen LogP contribution in [0.5, 0.6) is 0 Å². The molecule has 0 aromatic rings. The molecule has 0 aromatic carbocycles. The first-order valence-corrected chi connectivity index (χ1v) is 5.71. The average Bonchev–Trinajstić information content (AvgIpc) is 3.01. The molecule has 0 aliphatic carbocycles. The molecular formula is C12H20O3. The van der Waals surface area contributed by atoms with Crippen LogP contribution in [-0.4, -0.2) is 25.3 Å². The largest absolute Gasteiger partial charge is 0.466 e. The fourth-order valence-corrected chi connectivity index (χ4v) is 1.50. The fourth-order valence-electron chi connectivity index (χ4n) is 1.50. The first-order valence-electron chi connectivity index (χ1n) is 5.71. The molecule has 3 heteroatoms. The summed E-state index contributed by atoms with van der Waals surface area (Å²) in [5.74, 6) is -0.117. The van der Waals surface area contributed by atoms with Crippen LogP contribution in [0.1, 0.15) is 33.1 Å². The van der Waals surface area contributed by atoms with Gasteiger partial charge < -0.3 is 9.47 Å². The van der Waals surface area contributed by atoms with Gasteiger partial charge in [0.25, 0.3) is 0 Å². The molecule has 0 saturated carbocycles. The van der Waals surface area contributed by atoms with Crippen molar-refractivity contribution in [3.8, 4) is 0 Å². The van der Waals surface area contributed by atoms with Crippen LogP contribution < -0.4 is 0 Å². The van der Waals surface area contributed by atoms with Gasteiger partial charge in [-0.2, -0.15) is 0 Å². The first-order chi connectivity index (χ1) is 7.27. The van der Waals surface area contributed by atoms with Crippen LogP contribution in [0.2, 0.25) is 0 Å². The molecule has 0 bridgehead atoms. The van der Waals surface area contributed by atoms with Gasteiger partial charge in [-0.05, 0) is 26.2 Å². The molecule has 1 aliphatic rings. The second kappa shape index (κ2) is 6.62. The van der Waals surface area contributed by atoms with Gasteiger partial charge in [0, 0.05) is 0 Å². The van der Waals surface area contributed by atoms with E-state index in [2.05, 4.69) is 19.1 Å². The number of carbonyl (C=O) groups is 1. The molecule has 0 aromatic heterocycles. The van der Waals surface area contributed by atoms with Crippen molar-refractivity contribution in [1.82, 2.24) is 0 Å². The number of allylic oxidation sites excluding steroid dienone is 2. The van der Waals surface area contributed by atoms with E-state index in [1.54, 1.807) is 0 Å². The Morgan fingerprint density at radius 3 is 2.80 bits per heavy atom. The molecule has 86 valence electrons. The van der Waals surface area contributed by atoms with Crippen LogP contribution in [0, 0.1) is 5.92 Å². The van der Waals surface area contributed by atoms with Crippen molar-refractivity contribution in [3.63, 3.8) is 0 Å². The third kappa shape index (κ3) is 4.98. The molecular weight excluding hydrogens is 192 g/mol. The van der Waals surface area contributed by atoms with Crippen molar-refractivity contribution in [2.75, 3.05) is 13.2 Å². The number of ether oxygens (including phenoxy) is 2. The number of hydrogen-bond acceptors (Lipinski definition) is 3. The van der Waals surface area contributed by atoms with Crippen molar-refractivity contribution in [1.29, 1.82) is 0 Å². The quantitative estimate of drug-likeness (QED) is 0.369. The normalized spacial score (nSPS) is 21.6. The third-order valence-corrected chi connectivity index (χ3v) is 2.39. The van der Waals surface area contributed by atoms with Crippen molar-refractivity contribution >= 4 is 5.97 Å². The Morgan fingerprint density at radius 2 is 2.27 bits per heavy atom. The average molecular weight is 212 g/mol. The Balaban J connectivity index is 2.35. The Bertz CT molecular complexity index is 219. The molecule has 0 amide bonds. The molecule has 2 unspecified atom stereocenters. The van der Waals surface area contributed by atoms with Crippen LogP contribution in [0.15, 0.2) is 12.2 Å². The Labute approximate surface area is 91.4 Å². The minimum Gasteiger partial charge on any atom is -0.466 e. The second-order valence-electron chi connectivity index (χ2n) is 3.76. The zero-order valence-corrected chi connectivity index (χ0v) is 9.57. The van der Waals surface area contributed by atoms with E-state index in [4.69, 9.17) is 9.47 Å². The van der Waals surface area contributed by atoms with E-state index < -0.39 is 0 Å². The maximum Gasteiger partial charge on any atom is 0.309 e. The van der Waals surface area contributed by atoms with Gasteiger partial charge in [-0.1, -0.05) is 19.1 Å². The van der Waals surface area contributed by atoms with Crippen molar-refractivity contribution in [2.45, 2.75) is 39.2 Å². The molecule has 3 nitrogen and oxygen atoms in total. The van der Waals surface area contributed by atoms with Gasteiger partial charge in [-0.25, -0.2) is 0 Å². The van der Waals surface area contributed by atoms with Crippen LogP contribution in [-0.2, 0) is 14.3 Å². The van der Waals surface area contributed by atoms with Crippen LogP contribution in [0.3, 0.4) is 0 Å². The standard InChI is InChI=1S/C12H20O3/c1-3-5-6-7-10(8-11-9-15-11)12(13)14-4-2/h5-6,10-11H,3-4,7-9H2,1-2H3. The smallest absolute Gasteiger partial charge is 0.309 e. The summed E-state index contributed by atoms with van der Waals surface area (Å²) in [5.41, 5.74) is 0. The van der Waals surface area contributed by atoms with E-state index in [-0.39, 0.29) is 18.0 Å². The lowest BCUT2D eigenvalue weighted by Crippen LogP contribution is -2.19. The highest BCUT2D eigenvalue weighted by molar-refractivity contribution is 5.72. The summed E-state index contributed by atoms with van der Waals surface area (Å²) in [4.78, 5) is 11.6. The molecule has 0 radical (unpaired) electrons. The maximum absolute atomic E-state index is 11.6. The molecule has 0 spiro atoms. The van der Waals surface area contributed by atoms with Gasteiger partial charge in [0.05, 0.1) is 25.2 Å². The monoisotopic (exact) mass is 212 g/mol. The summed E-state index contributed by atoms with van der Waals surface area (Å²) in [6, 6.07) is 0. The van der Waals surface area contributed by atoms with Gasteiger partial charge in [0.1, 0.15) is 0 Å². The van der Waals surface area contributed by atoms with E-state index in [1.807, 2.05) is 6.92 Å². The fraction of sp³-hybridized carbons (Fsp3) is 0.750. The van der Waals surface area contributed by atoms with E-state index in [9.17, 15) is 4.79 Å². The lowest BCUT2D eigenvalue weighted by atomic mass is 9.99. The van der Waals surface area contributed by atoms with Crippen LogP contribution in [0.4, 0.5) is 0 Å². The zero-order chi connectivity index (χ0) is 11.1. The first kappa shape index (κ1) is 12.2. The summed E-state index contributed by atoms with van der Waals surface area (Å²) >= 11 is 0. The molecule has 1 saturated heterocycles. The van der Waals surface area contributed by atoms with Gasteiger partial charge >= 0.3 is 5.97 Å². The van der Waals surface area contributed by atoms with Gasteiger partial charge in [0.15, 0.2) is 0 Å². The number of epoxide rings is 1. The van der Waals surface area contributed by atoms with Crippen molar-refractivity contribution < 1.29 is 14.3 Å². The van der Waals surface area contributed by atoms with Gasteiger partial charge in [-0.15, -0.1) is 0 Å². The molecule has 2 atom stereocenters. The van der Waals surface area contributed by atoms with E-state index >= 15 is 0 Å². The predicted octanol–water partition coefficient (Wildman–Crippen LogP) is 2.31. The maximum atomic E-state index is 11.6. The highest BCUT2D eigenvalue weighted by atomic mass is 16.6. The van der Waals surface area contributed by atoms with Crippen molar-refractivity contribution in [3.05, 3.63) is 12.2 Å². The summed E-state index contributed by atoms with van der Waals surface area (Å²) < 4.78 is 10.2. The summed E-state index contributed by atoms with van der Waals surface area (Å²) in [6.07, 6.45) is 7.01. The molecule has 1 rings (SSSR count). The molecule has 0 N–H and O–H groups in total. The zero-order valence-electron chi connectivity index (χ0n) is 9.57. The van der Waals surface area contributed by atoms with Gasteiger partial charge in [0.2, 0.25) is 0 Å². The molecule has 1 heterocycles. The Morgan fingerprint density at radius 1 is 1.53 bits per heavy atom. The number of esters is 1. The van der Waals surface area contributed by atoms with E-state index in [0.717, 1.165) is 25.9 Å². The highest BCUT2D eigenvalue weighted by Crippen LogP contribution is 2.23. The SMILES string of the molecule is CCC=CCC(CC1CO1)C(=O)OCC. The topological polar surface area (TPSA) is 38.8 Å². The van der Waals surface area contributed by atoms with Crippen LogP contribution >= 0.6 is 0 Å². The Kier molecular flexibility index (Phi) is 5.40. The predicted molar refractivity (Wildman–Crippen MR) is 58.5 cm³/mol. The number of rotatable bonds is 7. The lowest BCUT2D eigenvalue weighted by molar-refractivity contribution is -0.148. The van der Waals surface area contributed by atoms with Crippen molar-refractivity contribution in [2.24, 2.45) is 5.92 Å². The van der Waals surface area contributed by atoms with E-state index in [0.29, 0.717) is 6.61 Å². The molecule has 1 aliphatic heterocycles.